The van der Waals surface area contributed by atoms with Crippen molar-refractivity contribution in [3.05, 3.63) is 29.0 Å². The van der Waals surface area contributed by atoms with Crippen LogP contribution in [0, 0.1) is 11.5 Å². The number of hydrogen-bond acceptors (Lipinski definition) is 9. The Balaban J connectivity index is 0.000000311. The zero-order valence-electron chi connectivity index (χ0n) is 19.0. The smallest absolute Gasteiger partial charge is 0.322 e. The second kappa shape index (κ2) is 13.2. The van der Waals surface area contributed by atoms with Crippen LogP contribution in [0.2, 0.25) is 5.15 Å². The molecule has 0 saturated heterocycles. The lowest BCUT2D eigenvalue weighted by atomic mass is 10.3. The lowest BCUT2D eigenvalue weighted by molar-refractivity contribution is 0.379. The van der Waals surface area contributed by atoms with Gasteiger partial charge in [0.05, 0.1) is 7.11 Å². The van der Waals surface area contributed by atoms with Gasteiger partial charge in [-0.3, -0.25) is 0 Å². The number of hydrogen-bond donors (Lipinski definition) is 2. The van der Waals surface area contributed by atoms with Gasteiger partial charge in [-0.05, 0) is 46.2 Å². The Morgan fingerprint density at radius 1 is 1.16 bits per heavy atom. The summed E-state index contributed by atoms with van der Waals surface area (Å²) in [5.41, 5.74) is 1.02. The van der Waals surface area contributed by atoms with Gasteiger partial charge in [0, 0.05) is 31.9 Å². The molecule has 0 bridgehead atoms. The van der Waals surface area contributed by atoms with E-state index < -0.39 is 0 Å². The van der Waals surface area contributed by atoms with Crippen molar-refractivity contribution in [2.24, 2.45) is 4.99 Å². The average molecular weight is 448 g/mol. The number of anilines is 2. The summed E-state index contributed by atoms with van der Waals surface area (Å²) in [7, 11) is 3.40. The van der Waals surface area contributed by atoms with E-state index in [-0.39, 0.29) is 12.1 Å². The second-order valence-corrected chi connectivity index (χ2v) is 7.56. The minimum atomic E-state index is 0.263. The van der Waals surface area contributed by atoms with Crippen LogP contribution in [-0.2, 0) is 6.54 Å². The standard InChI is InChI=1S/C10H11ClN4.C10H19N5O/c1-8(14-7-12)15(2)6-9-3-4-10(11)13-5-9;1-6(2)11-8-13-9(12-7(3)4)15-10(14-8)16-5/h3-5H,6H2,1-2H3;6-7H,1-5H3,(H2,11,12,13,14,15). The highest BCUT2D eigenvalue weighted by Gasteiger charge is 2.08. The maximum Gasteiger partial charge on any atom is 0.322 e. The molecule has 168 valence electrons. The van der Waals surface area contributed by atoms with E-state index >= 15 is 0 Å². The van der Waals surface area contributed by atoms with Crippen molar-refractivity contribution in [3.63, 3.8) is 0 Å². The Kier molecular flexibility index (Phi) is 11.0. The molecule has 2 aromatic rings. The number of nitrogens with one attached hydrogen (secondary N) is 2. The van der Waals surface area contributed by atoms with Gasteiger partial charge in [-0.25, -0.2) is 4.98 Å². The molecular formula is C20H30ClN9O. The van der Waals surface area contributed by atoms with Gasteiger partial charge >= 0.3 is 6.01 Å². The Bertz CT molecular complexity index is 851. The Morgan fingerprint density at radius 3 is 2.16 bits per heavy atom. The molecule has 0 aliphatic rings. The van der Waals surface area contributed by atoms with Gasteiger partial charge in [-0.1, -0.05) is 17.7 Å². The van der Waals surface area contributed by atoms with Gasteiger partial charge in [0.1, 0.15) is 11.0 Å². The molecule has 2 aromatic heterocycles. The summed E-state index contributed by atoms with van der Waals surface area (Å²) in [6.07, 6.45) is 3.46. The highest BCUT2D eigenvalue weighted by Crippen LogP contribution is 2.12. The molecule has 2 heterocycles. The normalized spacial score (nSPS) is 10.8. The van der Waals surface area contributed by atoms with E-state index in [2.05, 4.69) is 35.6 Å². The van der Waals surface area contributed by atoms with Crippen molar-refractivity contribution in [2.75, 3.05) is 24.8 Å². The maximum atomic E-state index is 8.39. The molecule has 10 nitrogen and oxygen atoms in total. The first-order valence-electron chi connectivity index (χ1n) is 9.72. The van der Waals surface area contributed by atoms with Gasteiger partial charge < -0.3 is 20.3 Å². The highest BCUT2D eigenvalue weighted by atomic mass is 35.5. The lowest BCUT2D eigenvalue weighted by Gasteiger charge is -2.17. The summed E-state index contributed by atoms with van der Waals surface area (Å²) in [6.45, 7) is 10.5. The fourth-order valence-electron chi connectivity index (χ4n) is 2.14. The van der Waals surface area contributed by atoms with Crippen LogP contribution in [0.4, 0.5) is 11.9 Å². The van der Waals surface area contributed by atoms with Gasteiger partial charge in [0.25, 0.3) is 0 Å². The third-order valence-electron chi connectivity index (χ3n) is 3.61. The van der Waals surface area contributed by atoms with Crippen molar-refractivity contribution >= 4 is 29.3 Å². The predicted octanol–water partition coefficient (Wildman–Crippen LogP) is 3.59. The number of amidine groups is 1. The number of nitriles is 1. The van der Waals surface area contributed by atoms with Crippen molar-refractivity contribution < 1.29 is 4.74 Å². The Morgan fingerprint density at radius 2 is 1.74 bits per heavy atom. The molecule has 0 amide bonds. The molecule has 0 unspecified atom stereocenters. The summed E-state index contributed by atoms with van der Waals surface area (Å²) in [5, 5.41) is 15.1. The molecule has 0 saturated carbocycles. The second-order valence-electron chi connectivity index (χ2n) is 7.17. The average Bonchev–Trinajstić information content (AvgIpc) is 2.69. The zero-order chi connectivity index (χ0) is 23.4. The molecule has 31 heavy (non-hydrogen) atoms. The molecule has 0 spiro atoms. The first-order valence-corrected chi connectivity index (χ1v) is 10.1. The number of pyridine rings is 1. The Labute approximate surface area is 188 Å². The zero-order valence-corrected chi connectivity index (χ0v) is 19.8. The monoisotopic (exact) mass is 447 g/mol. The van der Waals surface area contributed by atoms with Crippen LogP contribution >= 0.6 is 11.6 Å². The van der Waals surface area contributed by atoms with Gasteiger partial charge in [0.2, 0.25) is 18.1 Å². The van der Waals surface area contributed by atoms with E-state index in [0.717, 1.165) is 5.56 Å². The van der Waals surface area contributed by atoms with E-state index in [9.17, 15) is 0 Å². The van der Waals surface area contributed by atoms with Crippen molar-refractivity contribution in [1.82, 2.24) is 24.8 Å². The first-order chi connectivity index (χ1) is 14.6. The quantitative estimate of drug-likeness (QED) is 0.283. The van der Waals surface area contributed by atoms with Crippen molar-refractivity contribution in [3.8, 4) is 12.2 Å². The summed E-state index contributed by atoms with van der Waals surface area (Å²) < 4.78 is 5.02. The molecule has 0 fully saturated rings. The molecule has 0 aliphatic carbocycles. The fourth-order valence-corrected chi connectivity index (χ4v) is 2.25. The maximum absolute atomic E-state index is 8.39. The minimum Gasteiger partial charge on any atom is -0.467 e. The van der Waals surface area contributed by atoms with E-state index in [1.54, 1.807) is 25.4 Å². The number of aromatic nitrogens is 4. The summed E-state index contributed by atoms with van der Waals surface area (Å²) >= 11 is 5.67. The van der Waals surface area contributed by atoms with Crippen LogP contribution in [0.5, 0.6) is 6.01 Å². The molecule has 2 N–H and O–H groups in total. The molecule has 0 aliphatic heterocycles. The topological polar surface area (TPSA) is 124 Å². The minimum absolute atomic E-state index is 0.263. The van der Waals surface area contributed by atoms with E-state index in [4.69, 9.17) is 21.6 Å². The van der Waals surface area contributed by atoms with E-state index in [0.29, 0.717) is 35.4 Å². The third-order valence-corrected chi connectivity index (χ3v) is 3.83. The van der Waals surface area contributed by atoms with Gasteiger partial charge in [-0.15, -0.1) is 0 Å². The number of rotatable bonds is 7. The number of methoxy groups -OCH3 is 1. The molecule has 0 aromatic carbocycles. The molecule has 0 atom stereocenters. The first kappa shape index (κ1) is 25.8. The Hall–Kier alpha value is -3.19. The van der Waals surface area contributed by atoms with Crippen LogP contribution in [0.15, 0.2) is 23.3 Å². The number of aliphatic imine (C=N–C) groups is 1. The fraction of sp³-hybridized carbons (Fsp3) is 0.500. The van der Waals surface area contributed by atoms with Crippen LogP contribution in [0.25, 0.3) is 0 Å². The summed E-state index contributed by atoms with van der Waals surface area (Å²) in [6, 6.07) is 4.46. The number of halogens is 1. The molecule has 2 rings (SSSR count). The summed E-state index contributed by atoms with van der Waals surface area (Å²) in [5.74, 6) is 1.71. The highest BCUT2D eigenvalue weighted by molar-refractivity contribution is 6.29. The van der Waals surface area contributed by atoms with Crippen LogP contribution in [-0.4, -0.2) is 56.9 Å². The van der Waals surface area contributed by atoms with Crippen LogP contribution < -0.4 is 15.4 Å². The molecule has 0 radical (unpaired) electrons. The van der Waals surface area contributed by atoms with E-state index in [1.807, 2.05) is 45.7 Å². The SMILES string of the molecule is CC(=NC#N)N(C)Cc1ccc(Cl)nc1.COc1nc(NC(C)C)nc(NC(C)C)n1. The van der Waals surface area contributed by atoms with Gasteiger partial charge in [0.15, 0.2) is 0 Å². The van der Waals surface area contributed by atoms with E-state index in [1.165, 1.54) is 7.11 Å². The molecular weight excluding hydrogens is 418 g/mol. The van der Waals surface area contributed by atoms with Crippen molar-refractivity contribution in [2.45, 2.75) is 53.2 Å². The van der Waals surface area contributed by atoms with Crippen molar-refractivity contribution in [1.29, 1.82) is 5.26 Å². The number of ether oxygens (including phenoxy) is 1. The lowest BCUT2D eigenvalue weighted by Crippen LogP contribution is -2.23. The van der Waals surface area contributed by atoms with Gasteiger partial charge in [-0.2, -0.15) is 25.2 Å². The van der Waals surface area contributed by atoms with Crippen LogP contribution in [0.1, 0.15) is 40.2 Å². The third kappa shape index (κ3) is 10.4. The predicted molar refractivity (Wildman–Crippen MR) is 123 cm³/mol. The van der Waals surface area contributed by atoms with Crippen LogP contribution in [0.3, 0.4) is 0 Å². The summed E-state index contributed by atoms with van der Waals surface area (Å²) in [4.78, 5) is 21.9. The largest absolute Gasteiger partial charge is 0.467 e. The molecule has 11 heteroatoms. The number of nitrogens with zero attached hydrogens (tertiary/aromatic N) is 7.